The van der Waals surface area contributed by atoms with Crippen molar-refractivity contribution < 1.29 is 19.2 Å². The molecule has 1 amide bonds. The summed E-state index contributed by atoms with van der Waals surface area (Å²) in [6.45, 7) is 4.07. The number of nitrogens with zero attached hydrogens (tertiary/aromatic N) is 1. The lowest BCUT2D eigenvalue weighted by molar-refractivity contribution is -0.890. The van der Waals surface area contributed by atoms with Gasteiger partial charge in [-0.1, -0.05) is 46.0 Å². The maximum Gasteiger partial charge on any atom is 0.220 e. The zero-order valence-corrected chi connectivity index (χ0v) is 15.0. The van der Waals surface area contributed by atoms with E-state index in [-0.39, 0.29) is 10.4 Å². The molecular weight excluding hydrogens is 280 g/mol. The summed E-state index contributed by atoms with van der Waals surface area (Å²) < 4.78 is 0.234. The smallest absolute Gasteiger partial charge is 0.220 e. The van der Waals surface area contributed by atoms with Crippen LogP contribution in [-0.4, -0.2) is 49.6 Å². The van der Waals surface area contributed by atoms with Gasteiger partial charge in [-0.15, -0.1) is 0 Å². The maximum absolute atomic E-state index is 12.0. The summed E-state index contributed by atoms with van der Waals surface area (Å²) in [5.41, 5.74) is 0. The molecule has 0 rings (SSSR count). The third-order valence-corrected chi connectivity index (χ3v) is 4.00. The van der Waals surface area contributed by atoms with Crippen LogP contribution in [0.5, 0.6) is 0 Å². The number of unbranched alkanes of at least 4 members (excludes halogenated alkanes) is 5. The van der Waals surface area contributed by atoms with Gasteiger partial charge < -0.3 is 19.7 Å². The Morgan fingerprint density at radius 1 is 1.00 bits per heavy atom. The van der Waals surface area contributed by atoms with Crippen LogP contribution >= 0.6 is 0 Å². The van der Waals surface area contributed by atoms with Gasteiger partial charge in [-0.05, 0) is 12.8 Å². The van der Waals surface area contributed by atoms with Gasteiger partial charge in [-0.25, -0.2) is 0 Å². The molecule has 2 atom stereocenters. The molecule has 5 nitrogen and oxygen atoms in total. The highest BCUT2D eigenvalue weighted by Crippen LogP contribution is 2.12. The van der Waals surface area contributed by atoms with Gasteiger partial charge in [-0.2, -0.15) is 0 Å². The summed E-state index contributed by atoms with van der Waals surface area (Å²) in [7, 11) is 5.43. The van der Waals surface area contributed by atoms with Crippen molar-refractivity contribution in [1.29, 1.82) is 0 Å². The first-order chi connectivity index (χ1) is 10.2. The highest BCUT2D eigenvalue weighted by Gasteiger charge is 2.33. The van der Waals surface area contributed by atoms with E-state index in [0.29, 0.717) is 12.8 Å². The van der Waals surface area contributed by atoms with Gasteiger partial charge in [-0.3, -0.25) is 4.79 Å². The van der Waals surface area contributed by atoms with E-state index < -0.39 is 18.1 Å². The lowest BCUT2D eigenvalue weighted by atomic mass is 10.0. The molecule has 0 saturated heterocycles. The van der Waals surface area contributed by atoms with Crippen molar-refractivity contribution in [2.75, 3.05) is 21.1 Å². The molecule has 1 N–H and O–H groups in total. The van der Waals surface area contributed by atoms with E-state index in [2.05, 4.69) is 12.2 Å². The molecular formula is C17H34N2O3. The fraction of sp³-hybridized carbons (Fsp3) is 0.882. The molecule has 0 saturated carbocycles. The van der Waals surface area contributed by atoms with Crippen molar-refractivity contribution in [2.24, 2.45) is 0 Å². The second-order valence-electron chi connectivity index (χ2n) is 6.98. The molecule has 0 spiro atoms. The molecule has 0 heterocycles. The Kier molecular flexibility index (Phi) is 10.1. The number of hydrogen-bond donors (Lipinski definition) is 1. The minimum atomic E-state index is -1.11. The van der Waals surface area contributed by atoms with Crippen molar-refractivity contribution in [3.63, 3.8) is 0 Å². The zero-order valence-electron chi connectivity index (χ0n) is 15.0. The SMILES string of the molecule is CCCCCCCCC(=O)NC(CC)C(C(=O)[O-])[N+](C)(C)C. The minimum absolute atomic E-state index is 0.0537. The highest BCUT2D eigenvalue weighted by atomic mass is 16.4. The van der Waals surface area contributed by atoms with E-state index in [0.717, 1.165) is 12.8 Å². The number of aliphatic carboxylic acids is 1. The molecule has 2 unspecified atom stereocenters. The van der Waals surface area contributed by atoms with Crippen LogP contribution in [0.2, 0.25) is 0 Å². The monoisotopic (exact) mass is 314 g/mol. The van der Waals surface area contributed by atoms with Crippen LogP contribution in [0.4, 0.5) is 0 Å². The predicted molar refractivity (Wildman–Crippen MR) is 87.0 cm³/mol. The first-order valence-corrected chi connectivity index (χ1v) is 8.55. The van der Waals surface area contributed by atoms with E-state index >= 15 is 0 Å². The third kappa shape index (κ3) is 8.37. The van der Waals surface area contributed by atoms with E-state index in [1.54, 1.807) is 0 Å². The van der Waals surface area contributed by atoms with Gasteiger partial charge in [0.15, 0.2) is 0 Å². The number of carboxylic acids is 1. The molecule has 0 aliphatic rings. The van der Waals surface area contributed by atoms with E-state index in [1.807, 2.05) is 28.1 Å². The van der Waals surface area contributed by atoms with E-state index in [1.165, 1.54) is 25.7 Å². The fourth-order valence-electron chi connectivity index (χ4n) is 2.77. The van der Waals surface area contributed by atoms with Crippen LogP contribution in [0.3, 0.4) is 0 Å². The molecule has 22 heavy (non-hydrogen) atoms. The van der Waals surface area contributed by atoms with Crippen molar-refractivity contribution >= 4 is 11.9 Å². The third-order valence-electron chi connectivity index (χ3n) is 4.00. The molecule has 130 valence electrons. The predicted octanol–water partition coefficient (Wildman–Crippen LogP) is 1.46. The second kappa shape index (κ2) is 10.6. The zero-order chi connectivity index (χ0) is 17.2. The van der Waals surface area contributed by atoms with E-state index in [9.17, 15) is 14.7 Å². The number of rotatable bonds is 12. The van der Waals surface area contributed by atoms with Crippen molar-refractivity contribution in [2.45, 2.75) is 77.3 Å². The molecule has 0 aliphatic heterocycles. The fourth-order valence-corrected chi connectivity index (χ4v) is 2.77. The summed E-state index contributed by atoms with van der Waals surface area (Å²) in [6.07, 6.45) is 7.84. The molecule has 0 aromatic heterocycles. The van der Waals surface area contributed by atoms with Crippen molar-refractivity contribution in [1.82, 2.24) is 5.32 Å². The Hall–Kier alpha value is -1.10. The number of hydrogen-bond acceptors (Lipinski definition) is 3. The average Bonchev–Trinajstić information content (AvgIpc) is 2.39. The van der Waals surface area contributed by atoms with Crippen molar-refractivity contribution in [3.05, 3.63) is 0 Å². The lowest BCUT2D eigenvalue weighted by Gasteiger charge is -2.39. The molecule has 0 radical (unpaired) electrons. The van der Waals surface area contributed by atoms with E-state index in [4.69, 9.17) is 0 Å². The quantitative estimate of drug-likeness (QED) is 0.438. The standard InChI is InChI=1S/C17H34N2O3/c1-6-8-9-10-11-12-13-15(20)18-14(7-2)16(17(21)22)19(3,4)5/h14,16H,6-13H2,1-5H3,(H-,18,20,21,22). The van der Waals surface area contributed by atoms with Gasteiger partial charge in [0.2, 0.25) is 5.91 Å². The summed E-state index contributed by atoms with van der Waals surface area (Å²) >= 11 is 0. The van der Waals surface area contributed by atoms with Gasteiger partial charge in [0, 0.05) is 6.42 Å². The minimum Gasteiger partial charge on any atom is -0.544 e. The Labute approximate surface area is 135 Å². The van der Waals surface area contributed by atoms with Crippen LogP contribution < -0.4 is 10.4 Å². The number of carbonyl (C=O) groups is 2. The van der Waals surface area contributed by atoms with Crippen LogP contribution in [0, 0.1) is 0 Å². The van der Waals surface area contributed by atoms with Gasteiger partial charge in [0.1, 0.15) is 12.0 Å². The molecule has 0 aliphatic carbocycles. The number of nitrogens with one attached hydrogen (secondary N) is 1. The second-order valence-corrected chi connectivity index (χ2v) is 6.98. The number of carbonyl (C=O) groups excluding carboxylic acids is 2. The van der Waals surface area contributed by atoms with Crippen LogP contribution in [-0.2, 0) is 9.59 Å². The number of quaternary nitrogens is 1. The van der Waals surface area contributed by atoms with Gasteiger partial charge in [0.05, 0.1) is 27.2 Å². The van der Waals surface area contributed by atoms with Crippen LogP contribution in [0.25, 0.3) is 0 Å². The molecule has 0 bridgehead atoms. The number of carboxylic acid groups (broad SMARTS) is 1. The van der Waals surface area contributed by atoms with Crippen LogP contribution in [0.15, 0.2) is 0 Å². The number of likely N-dealkylation sites (N-methyl/N-ethyl adjacent to an activating group) is 1. The van der Waals surface area contributed by atoms with Crippen molar-refractivity contribution in [3.8, 4) is 0 Å². The normalized spacial score (nSPS) is 14.4. The maximum atomic E-state index is 12.0. The Bertz CT molecular complexity index is 337. The lowest BCUT2D eigenvalue weighted by Crippen LogP contribution is -2.64. The van der Waals surface area contributed by atoms with Crippen LogP contribution in [0.1, 0.15) is 65.2 Å². The molecule has 5 heteroatoms. The topological polar surface area (TPSA) is 69.2 Å². The Balaban J connectivity index is 4.30. The molecule has 0 aromatic rings. The molecule has 0 fully saturated rings. The first kappa shape index (κ1) is 20.9. The largest absolute Gasteiger partial charge is 0.544 e. The summed E-state index contributed by atoms with van der Waals surface area (Å²) in [5, 5.41) is 14.3. The highest BCUT2D eigenvalue weighted by molar-refractivity contribution is 5.78. The van der Waals surface area contributed by atoms with Gasteiger partial charge in [0.25, 0.3) is 0 Å². The first-order valence-electron chi connectivity index (χ1n) is 8.55. The average molecular weight is 314 g/mol. The molecule has 0 aromatic carbocycles. The summed E-state index contributed by atoms with van der Waals surface area (Å²) in [5.74, 6) is -1.17. The summed E-state index contributed by atoms with van der Waals surface area (Å²) in [6, 6.07) is -1.13. The summed E-state index contributed by atoms with van der Waals surface area (Å²) in [4.78, 5) is 23.4. The Morgan fingerprint density at radius 2 is 1.55 bits per heavy atom. The Morgan fingerprint density at radius 3 is 2.00 bits per heavy atom. The van der Waals surface area contributed by atoms with Gasteiger partial charge >= 0.3 is 0 Å². The number of amides is 1.